The normalized spacial score (nSPS) is 14.4. The van der Waals surface area contributed by atoms with Gasteiger partial charge in [0, 0.05) is 6.04 Å². The SMILES string of the molecule is C[C@H](N[C@@H](C)CCc1ccccc1)C(=O)O. The molecule has 3 heteroatoms. The minimum absolute atomic E-state index is 0.214. The maximum Gasteiger partial charge on any atom is 0.320 e. The summed E-state index contributed by atoms with van der Waals surface area (Å²) in [5, 5.41) is 11.8. The van der Waals surface area contributed by atoms with Crippen LogP contribution in [0, 0.1) is 0 Å². The lowest BCUT2D eigenvalue weighted by molar-refractivity contribution is -0.139. The van der Waals surface area contributed by atoms with E-state index in [4.69, 9.17) is 5.11 Å². The number of hydrogen-bond acceptors (Lipinski definition) is 2. The van der Waals surface area contributed by atoms with E-state index < -0.39 is 12.0 Å². The number of carbonyl (C=O) groups is 1. The largest absolute Gasteiger partial charge is 0.480 e. The van der Waals surface area contributed by atoms with Gasteiger partial charge in [-0.3, -0.25) is 4.79 Å². The Morgan fingerprint density at radius 3 is 2.50 bits per heavy atom. The van der Waals surface area contributed by atoms with E-state index in [0.717, 1.165) is 12.8 Å². The van der Waals surface area contributed by atoms with Crippen molar-refractivity contribution in [1.29, 1.82) is 0 Å². The van der Waals surface area contributed by atoms with E-state index in [1.165, 1.54) is 5.56 Å². The maximum atomic E-state index is 10.6. The van der Waals surface area contributed by atoms with Crippen LogP contribution in [0.25, 0.3) is 0 Å². The van der Waals surface area contributed by atoms with Gasteiger partial charge in [-0.05, 0) is 32.3 Å². The van der Waals surface area contributed by atoms with Crippen LogP contribution < -0.4 is 5.32 Å². The topological polar surface area (TPSA) is 49.3 Å². The first-order chi connectivity index (χ1) is 7.59. The van der Waals surface area contributed by atoms with Crippen LogP contribution in [-0.4, -0.2) is 23.2 Å². The molecule has 0 unspecified atom stereocenters. The molecule has 0 aliphatic heterocycles. The van der Waals surface area contributed by atoms with E-state index in [1.807, 2.05) is 25.1 Å². The molecule has 88 valence electrons. The summed E-state index contributed by atoms with van der Waals surface area (Å²) in [6.07, 6.45) is 1.92. The van der Waals surface area contributed by atoms with Gasteiger partial charge in [0.1, 0.15) is 6.04 Å². The van der Waals surface area contributed by atoms with Gasteiger partial charge >= 0.3 is 5.97 Å². The van der Waals surface area contributed by atoms with Crippen molar-refractivity contribution in [2.45, 2.75) is 38.8 Å². The van der Waals surface area contributed by atoms with Crippen molar-refractivity contribution in [1.82, 2.24) is 5.32 Å². The van der Waals surface area contributed by atoms with E-state index in [2.05, 4.69) is 17.4 Å². The van der Waals surface area contributed by atoms with Crippen molar-refractivity contribution in [3.8, 4) is 0 Å². The summed E-state index contributed by atoms with van der Waals surface area (Å²) < 4.78 is 0. The summed E-state index contributed by atoms with van der Waals surface area (Å²) in [6.45, 7) is 3.68. The van der Waals surface area contributed by atoms with E-state index >= 15 is 0 Å². The van der Waals surface area contributed by atoms with Gasteiger partial charge in [0.15, 0.2) is 0 Å². The molecule has 0 heterocycles. The Balaban J connectivity index is 2.30. The number of carboxylic acid groups (broad SMARTS) is 1. The number of hydrogen-bond donors (Lipinski definition) is 2. The molecule has 0 aromatic heterocycles. The van der Waals surface area contributed by atoms with Gasteiger partial charge in [0.05, 0.1) is 0 Å². The molecule has 1 aromatic carbocycles. The summed E-state index contributed by atoms with van der Waals surface area (Å²) >= 11 is 0. The van der Waals surface area contributed by atoms with Crippen molar-refractivity contribution in [3.63, 3.8) is 0 Å². The minimum atomic E-state index is -0.799. The number of carboxylic acids is 1. The molecule has 0 aliphatic carbocycles. The smallest absolute Gasteiger partial charge is 0.320 e. The zero-order valence-corrected chi connectivity index (χ0v) is 9.81. The predicted octanol–water partition coefficient (Wildman–Crippen LogP) is 2.07. The third-order valence-electron chi connectivity index (χ3n) is 2.61. The van der Waals surface area contributed by atoms with Crippen molar-refractivity contribution in [2.24, 2.45) is 0 Å². The number of rotatable bonds is 6. The highest BCUT2D eigenvalue weighted by Gasteiger charge is 2.13. The molecular formula is C13H19NO2. The van der Waals surface area contributed by atoms with Crippen LogP contribution >= 0.6 is 0 Å². The van der Waals surface area contributed by atoms with Gasteiger partial charge in [-0.15, -0.1) is 0 Å². The Labute approximate surface area is 96.5 Å². The first-order valence-corrected chi connectivity index (χ1v) is 5.62. The summed E-state index contributed by atoms with van der Waals surface area (Å²) in [7, 11) is 0. The molecule has 0 bridgehead atoms. The van der Waals surface area contributed by atoms with Crippen LogP contribution in [0.5, 0.6) is 0 Å². The first-order valence-electron chi connectivity index (χ1n) is 5.62. The fraction of sp³-hybridized carbons (Fsp3) is 0.462. The van der Waals surface area contributed by atoms with E-state index in [-0.39, 0.29) is 6.04 Å². The second-order valence-electron chi connectivity index (χ2n) is 4.15. The number of aliphatic carboxylic acids is 1. The lowest BCUT2D eigenvalue weighted by atomic mass is 10.1. The Hall–Kier alpha value is -1.35. The fourth-order valence-corrected chi connectivity index (χ4v) is 1.61. The molecule has 0 radical (unpaired) electrons. The summed E-state index contributed by atoms with van der Waals surface area (Å²) in [6, 6.07) is 9.95. The molecule has 0 amide bonds. The van der Waals surface area contributed by atoms with Gasteiger partial charge < -0.3 is 10.4 Å². The van der Waals surface area contributed by atoms with E-state index in [0.29, 0.717) is 0 Å². The lowest BCUT2D eigenvalue weighted by Crippen LogP contribution is -2.39. The van der Waals surface area contributed by atoms with E-state index in [9.17, 15) is 4.79 Å². The Kier molecular flexibility index (Phi) is 4.99. The molecule has 16 heavy (non-hydrogen) atoms. The van der Waals surface area contributed by atoms with Crippen LogP contribution in [0.1, 0.15) is 25.8 Å². The van der Waals surface area contributed by atoms with Crippen LogP contribution in [-0.2, 0) is 11.2 Å². The van der Waals surface area contributed by atoms with Crippen molar-refractivity contribution in [2.75, 3.05) is 0 Å². The third kappa shape index (κ3) is 4.45. The Morgan fingerprint density at radius 1 is 1.31 bits per heavy atom. The predicted molar refractivity (Wildman–Crippen MR) is 64.5 cm³/mol. The molecule has 0 spiro atoms. The highest BCUT2D eigenvalue weighted by Crippen LogP contribution is 2.05. The Bertz CT molecular complexity index is 324. The highest BCUT2D eigenvalue weighted by molar-refractivity contribution is 5.72. The Morgan fingerprint density at radius 2 is 1.94 bits per heavy atom. The molecule has 0 saturated carbocycles. The monoisotopic (exact) mass is 221 g/mol. The standard InChI is InChI=1S/C13H19NO2/c1-10(14-11(2)13(15)16)8-9-12-6-4-3-5-7-12/h3-7,10-11,14H,8-9H2,1-2H3,(H,15,16)/t10-,11-/m0/s1. The molecule has 3 nitrogen and oxygen atoms in total. The summed E-state index contributed by atoms with van der Waals surface area (Å²) in [5.41, 5.74) is 1.29. The summed E-state index contributed by atoms with van der Waals surface area (Å²) in [5.74, 6) is -0.799. The fourth-order valence-electron chi connectivity index (χ4n) is 1.61. The molecule has 2 N–H and O–H groups in total. The molecule has 0 aliphatic rings. The second-order valence-corrected chi connectivity index (χ2v) is 4.15. The van der Waals surface area contributed by atoms with Gasteiger partial charge in [-0.2, -0.15) is 0 Å². The molecule has 0 saturated heterocycles. The average Bonchev–Trinajstić information content (AvgIpc) is 2.27. The maximum absolute atomic E-state index is 10.6. The minimum Gasteiger partial charge on any atom is -0.480 e. The average molecular weight is 221 g/mol. The van der Waals surface area contributed by atoms with Gasteiger partial charge in [-0.25, -0.2) is 0 Å². The molecule has 1 rings (SSSR count). The van der Waals surface area contributed by atoms with Crippen LogP contribution in [0.2, 0.25) is 0 Å². The molecule has 1 aromatic rings. The third-order valence-corrected chi connectivity index (χ3v) is 2.61. The number of nitrogens with one attached hydrogen (secondary N) is 1. The molecule has 0 fully saturated rings. The highest BCUT2D eigenvalue weighted by atomic mass is 16.4. The van der Waals surface area contributed by atoms with Crippen LogP contribution in [0.4, 0.5) is 0 Å². The van der Waals surface area contributed by atoms with Gasteiger partial charge in [0.25, 0.3) is 0 Å². The van der Waals surface area contributed by atoms with Gasteiger partial charge in [-0.1, -0.05) is 30.3 Å². The van der Waals surface area contributed by atoms with Crippen molar-refractivity contribution in [3.05, 3.63) is 35.9 Å². The van der Waals surface area contributed by atoms with Crippen LogP contribution in [0.3, 0.4) is 0 Å². The quantitative estimate of drug-likeness (QED) is 0.773. The number of benzene rings is 1. The zero-order valence-electron chi connectivity index (χ0n) is 9.81. The molecule has 2 atom stereocenters. The van der Waals surface area contributed by atoms with Gasteiger partial charge in [0.2, 0.25) is 0 Å². The summed E-state index contributed by atoms with van der Waals surface area (Å²) in [4.78, 5) is 10.6. The van der Waals surface area contributed by atoms with E-state index in [1.54, 1.807) is 6.92 Å². The first kappa shape index (κ1) is 12.7. The lowest BCUT2D eigenvalue weighted by Gasteiger charge is -2.16. The second kappa shape index (κ2) is 6.28. The van der Waals surface area contributed by atoms with Crippen LogP contribution in [0.15, 0.2) is 30.3 Å². The number of aryl methyl sites for hydroxylation is 1. The van der Waals surface area contributed by atoms with Crippen molar-refractivity contribution >= 4 is 5.97 Å². The molecular weight excluding hydrogens is 202 g/mol. The zero-order chi connectivity index (χ0) is 12.0. The van der Waals surface area contributed by atoms with Crippen molar-refractivity contribution < 1.29 is 9.90 Å².